The van der Waals surface area contributed by atoms with E-state index in [1.54, 1.807) is 0 Å². The van der Waals surface area contributed by atoms with E-state index in [1.807, 2.05) is 12.3 Å². The fourth-order valence-corrected chi connectivity index (χ4v) is 3.53. The van der Waals surface area contributed by atoms with Gasteiger partial charge in [-0.2, -0.15) is 0 Å². The minimum atomic E-state index is 0.399. The molecule has 0 spiro atoms. The van der Waals surface area contributed by atoms with Crippen LogP contribution >= 0.6 is 0 Å². The van der Waals surface area contributed by atoms with Gasteiger partial charge >= 0.3 is 0 Å². The first-order valence-electron chi connectivity index (χ1n) is 10.7. The van der Waals surface area contributed by atoms with E-state index in [9.17, 15) is 0 Å². The minimum Gasteiger partial charge on any atom is -0.304 e. The van der Waals surface area contributed by atoms with Crippen LogP contribution in [0.3, 0.4) is 0 Å². The molecule has 0 N–H and O–H groups in total. The monoisotopic (exact) mass is 400 g/mol. The minimum absolute atomic E-state index is 0.399. The second kappa shape index (κ2) is 11.5. The van der Waals surface area contributed by atoms with E-state index in [2.05, 4.69) is 113 Å². The Kier molecular flexibility index (Phi) is 9.01. The summed E-state index contributed by atoms with van der Waals surface area (Å²) in [4.78, 5) is 6.75. The van der Waals surface area contributed by atoms with Gasteiger partial charge in [0, 0.05) is 12.8 Å². The van der Waals surface area contributed by atoms with Crippen molar-refractivity contribution in [2.24, 2.45) is 10.9 Å². The number of nitrogens with zero attached hydrogens (tertiary/aromatic N) is 2. The van der Waals surface area contributed by atoms with Crippen LogP contribution in [0.25, 0.3) is 11.6 Å². The van der Waals surface area contributed by atoms with E-state index in [1.165, 1.54) is 33.4 Å². The Morgan fingerprint density at radius 3 is 2.63 bits per heavy atom. The molecule has 0 amide bonds. The molecule has 0 bridgehead atoms. The maximum absolute atomic E-state index is 4.61. The molecule has 0 aromatic heterocycles. The third-order valence-electron chi connectivity index (χ3n) is 5.30. The summed E-state index contributed by atoms with van der Waals surface area (Å²) in [7, 11) is 4.14. The van der Waals surface area contributed by atoms with Crippen molar-refractivity contribution in [3.63, 3.8) is 0 Å². The van der Waals surface area contributed by atoms with Crippen LogP contribution in [0.5, 0.6) is 0 Å². The fourth-order valence-electron chi connectivity index (χ4n) is 3.53. The van der Waals surface area contributed by atoms with Gasteiger partial charge in [-0.1, -0.05) is 80.7 Å². The fraction of sp³-hybridized carbons (Fsp3) is 0.321. The molecule has 0 heterocycles. The summed E-state index contributed by atoms with van der Waals surface area (Å²) in [6, 6.07) is 6.65. The molecule has 1 unspecified atom stereocenters. The summed E-state index contributed by atoms with van der Waals surface area (Å²) in [5.41, 5.74) is 8.65. The van der Waals surface area contributed by atoms with Crippen LogP contribution in [-0.2, 0) is 0 Å². The molecule has 2 heteroatoms. The highest BCUT2D eigenvalue weighted by Crippen LogP contribution is 2.34. The van der Waals surface area contributed by atoms with Crippen molar-refractivity contribution in [2.75, 3.05) is 20.6 Å². The van der Waals surface area contributed by atoms with Crippen LogP contribution in [0.1, 0.15) is 43.9 Å². The van der Waals surface area contributed by atoms with E-state index in [4.69, 9.17) is 0 Å². The van der Waals surface area contributed by atoms with Crippen LogP contribution in [0.2, 0.25) is 0 Å². The molecule has 0 aliphatic heterocycles. The molecule has 1 atom stereocenters. The van der Waals surface area contributed by atoms with Gasteiger partial charge in [0.2, 0.25) is 0 Å². The zero-order chi connectivity index (χ0) is 22.1. The van der Waals surface area contributed by atoms with E-state index in [0.717, 1.165) is 18.7 Å². The summed E-state index contributed by atoms with van der Waals surface area (Å²) in [6.45, 7) is 13.5. The van der Waals surface area contributed by atoms with Gasteiger partial charge in [-0.3, -0.25) is 4.99 Å². The first-order valence-corrected chi connectivity index (χ1v) is 10.7. The molecule has 1 aliphatic rings. The number of allylic oxidation sites excluding steroid dienone is 9. The lowest BCUT2D eigenvalue weighted by Gasteiger charge is -2.17. The smallest absolute Gasteiger partial charge is 0.0539 e. The van der Waals surface area contributed by atoms with Gasteiger partial charge in [0.15, 0.2) is 0 Å². The molecular weight excluding hydrogens is 364 g/mol. The van der Waals surface area contributed by atoms with Gasteiger partial charge in [0.25, 0.3) is 0 Å². The molecule has 30 heavy (non-hydrogen) atoms. The van der Waals surface area contributed by atoms with Gasteiger partial charge in [-0.05, 0) is 74.2 Å². The molecule has 0 radical (unpaired) electrons. The number of hydrogen-bond donors (Lipinski definition) is 0. The number of benzene rings is 1. The third kappa shape index (κ3) is 6.40. The predicted molar refractivity (Wildman–Crippen MR) is 135 cm³/mol. The maximum Gasteiger partial charge on any atom is 0.0539 e. The quantitative estimate of drug-likeness (QED) is 0.338. The summed E-state index contributed by atoms with van der Waals surface area (Å²) in [5, 5.41) is 0. The van der Waals surface area contributed by atoms with Crippen LogP contribution < -0.4 is 0 Å². The lowest BCUT2D eigenvalue weighted by Crippen LogP contribution is -2.14. The zero-order valence-electron chi connectivity index (χ0n) is 19.4. The summed E-state index contributed by atoms with van der Waals surface area (Å²) in [6.07, 6.45) is 17.9. The van der Waals surface area contributed by atoms with Crippen molar-refractivity contribution in [1.29, 1.82) is 0 Å². The number of aryl methyl sites for hydroxylation is 1. The average molecular weight is 401 g/mol. The molecule has 1 aromatic rings. The van der Waals surface area contributed by atoms with Crippen molar-refractivity contribution in [2.45, 2.75) is 34.1 Å². The summed E-state index contributed by atoms with van der Waals surface area (Å²) in [5.74, 6) is 0.399. The van der Waals surface area contributed by atoms with E-state index in [-0.39, 0.29) is 0 Å². The second-order valence-corrected chi connectivity index (χ2v) is 8.10. The van der Waals surface area contributed by atoms with Crippen LogP contribution in [0.4, 0.5) is 0 Å². The molecular formula is C28H36N2. The van der Waals surface area contributed by atoms with Crippen LogP contribution in [0.15, 0.2) is 83.1 Å². The van der Waals surface area contributed by atoms with Gasteiger partial charge in [0.1, 0.15) is 0 Å². The van der Waals surface area contributed by atoms with E-state index in [0.29, 0.717) is 5.92 Å². The Labute approximate surface area is 183 Å². The molecule has 0 saturated heterocycles. The highest BCUT2D eigenvalue weighted by molar-refractivity contribution is 5.86. The maximum atomic E-state index is 4.61. The Bertz CT molecular complexity index is 933. The van der Waals surface area contributed by atoms with Crippen molar-refractivity contribution < 1.29 is 0 Å². The Hall–Kier alpha value is -2.71. The van der Waals surface area contributed by atoms with Gasteiger partial charge < -0.3 is 4.90 Å². The highest BCUT2D eigenvalue weighted by Gasteiger charge is 2.15. The average Bonchev–Trinajstić information content (AvgIpc) is 2.84. The largest absolute Gasteiger partial charge is 0.304 e. The number of aliphatic imine (C=N–C) groups is 1. The lowest BCUT2D eigenvalue weighted by atomic mass is 9.87. The Morgan fingerprint density at radius 1 is 1.23 bits per heavy atom. The normalized spacial score (nSPS) is 17.9. The van der Waals surface area contributed by atoms with E-state index < -0.39 is 0 Å². The van der Waals surface area contributed by atoms with Gasteiger partial charge in [-0.25, -0.2) is 0 Å². The predicted octanol–water partition coefficient (Wildman–Crippen LogP) is 7.03. The van der Waals surface area contributed by atoms with Crippen LogP contribution in [-0.4, -0.2) is 31.8 Å². The molecule has 0 saturated carbocycles. The lowest BCUT2D eigenvalue weighted by molar-refractivity contribution is 0.444. The highest BCUT2D eigenvalue weighted by atomic mass is 15.1. The number of hydrogen-bond acceptors (Lipinski definition) is 2. The van der Waals surface area contributed by atoms with Gasteiger partial charge in [0.05, 0.1) is 5.70 Å². The topological polar surface area (TPSA) is 15.6 Å². The zero-order valence-corrected chi connectivity index (χ0v) is 19.4. The Morgan fingerprint density at radius 2 is 2.00 bits per heavy atom. The van der Waals surface area contributed by atoms with Crippen molar-refractivity contribution in [1.82, 2.24) is 4.90 Å². The Balaban J connectivity index is 2.46. The molecule has 2 nitrogen and oxygen atoms in total. The molecule has 158 valence electrons. The summed E-state index contributed by atoms with van der Waals surface area (Å²) < 4.78 is 0. The summed E-state index contributed by atoms with van der Waals surface area (Å²) >= 11 is 0. The standard InChI is InChI=1S/C28H36N2/c1-8-18-29-27(20-30(6)7)15-11-14-25-13-10-12-21(3)23(5)28(25)26-17-16-24(9-2)22(4)19-26/h9-19,21H,2,8,20H2,1,3-7H3/b14-11+,27-15-,29-18?. The first-order chi connectivity index (χ1) is 14.4. The SMILES string of the molecule is C=Cc1ccc(C2=C(C)C(C)C=CC=C2/C=C/C=C(/CN(C)C)N=CCC)cc1C. The van der Waals surface area contributed by atoms with Crippen molar-refractivity contribution in [3.8, 4) is 0 Å². The van der Waals surface area contributed by atoms with Crippen molar-refractivity contribution >= 4 is 17.9 Å². The van der Waals surface area contributed by atoms with Crippen LogP contribution in [0, 0.1) is 12.8 Å². The van der Waals surface area contributed by atoms with Crippen molar-refractivity contribution in [3.05, 3.63) is 94.8 Å². The number of rotatable bonds is 8. The molecule has 1 aliphatic carbocycles. The number of likely N-dealkylation sites (N-methyl/N-ethyl adjacent to an activating group) is 1. The molecule has 1 aromatic carbocycles. The molecule has 2 rings (SSSR count). The first kappa shape index (κ1) is 23.6. The second-order valence-electron chi connectivity index (χ2n) is 8.10. The molecule has 0 fully saturated rings. The third-order valence-corrected chi connectivity index (χ3v) is 5.30. The van der Waals surface area contributed by atoms with Gasteiger partial charge in [-0.15, -0.1) is 0 Å². The van der Waals surface area contributed by atoms with E-state index >= 15 is 0 Å².